The minimum Gasteiger partial charge on any atom is -0.496 e. The highest BCUT2D eigenvalue weighted by Gasteiger charge is 2.40. The highest BCUT2D eigenvalue weighted by atomic mass is 16.5. The Hall–Kier alpha value is -5.51. The number of carboxylic acids is 1. The predicted molar refractivity (Wildman–Crippen MR) is 149 cm³/mol. The summed E-state index contributed by atoms with van der Waals surface area (Å²) in [5, 5.41) is 9.18. The zero-order valence-corrected chi connectivity index (χ0v) is 22.8. The molecule has 0 saturated carbocycles. The Labute approximate surface area is 239 Å². The van der Waals surface area contributed by atoms with Gasteiger partial charge in [0.05, 0.1) is 44.8 Å². The van der Waals surface area contributed by atoms with Gasteiger partial charge in [0.1, 0.15) is 28.8 Å². The number of esters is 1. The number of rotatable bonds is 7. The summed E-state index contributed by atoms with van der Waals surface area (Å²) < 4.78 is 34.1. The SMILES string of the molecule is COc1cc(OC)c(OC)cc1/C=C1\Oc2c(ccc3c2C(c2ccc(-c4ccc(C(=O)O)cc4)o2)CC(=O)O3)C1=O. The van der Waals surface area contributed by atoms with Crippen LogP contribution in [0.5, 0.6) is 28.7 Å². The van der Waals surface area contributed by atoms with Crippen molar-refractivity contribution in [1.82, 2.24) is 0 Å². The summed E-state index contributed by atoms with van der Waals surface area (Å²) >= 11 is 0. The van der Waals surface area contributed by atoms with Gasteiger partial charge in [-0.05, 0) is 48.5 Å². The number of hydrogen-bond donors (Lipinski definition) is 1. The van der Waals surface area contributed by atoms with Gasteiger partial charge in [0.25, 0.3) is 0 Å². The average Bonchev–Trinajstić information content (AvgIpc) is 3.61. The van der Waals surface area contributed by atoms with Gasteiger partial charge in [-0.25, -0.2) is 4.79 Å². The molecule has 1 atom stereocenters. The molecule has 0 saturated heterocycles. The van der Waals surface area contributed by atoms with E-state index in [0.717, 1.165) is 0 Å². The lowest BCUT2D eigenvalue weighted by molar-refractivity contribution is -0.135. The maximum Gasteiger partial charge on any atom is 0.335 e. The first kappa shape index (κ1) is 26.7. The molecule has 4 aromatic rings. The molecule has 1 unspecified atom stereocenters. The van der Waals surface area contributed by atoms with Gasteiger partial charge in [0.2, 0.25) is 5.78 Å². The van der Waals surface area contributed by atoms with E-state index in [1.54, 1.807) is 54.6 Å². The van der Waals surface area contributed by atoms with Gasteiger partial charge in [-0.3, -0.25) is 9.59 Å². The van der Waals surface area contributed by atoms with Crippen molar-refractivity contribution in [1.29, 1.82) is 0 Å². The molecule has 10 heteroatoms. The lowest BCUT2D eigenvalue weighted by atomic mass is 9.88. The van der Waals surface area contributed by atoms with E-state index in [9.17, 15) is 19.5 Å². The van der Waals surface area contributed by atoms with Crippen LogP contribution in [0.1, 0.15) is 49.9 Å². The molecule has 6 rings (SSSR count). The Bertz CT molecular complexity index is 1780. The van der Waals surface area contributed by atoms with Crippen LogP contribution in [0.3, 0.4) is 0 Å². The number of carbonyl (C=O) groups excluding carboxylic acids is 2. The third-order valence-electron chi connectivity index (χ3n) is 7.19. The van der Waals surface area contributed by atoms with Gasteiger partial charge < -0.3 is 33.2 Å². The maximum atomic E-state index is 13.5. The molecule has 3 heterocycles. The maximum absolute atomic E-state index is 13.5. The van der Waals surface area contributed by atoms with Gasteiger partial charge in [0, 0.05) is 22.8 Å². The van der Waals surface area contributed by atoms with E-state index >= 15 is 0 Å². The smallest absolute Gasteiger partial charge is 0.335 e. The Kier molecular flexibility index (Phi) is 6.66. The first-order valence-electron chi connectivity index (χ1n) is 12.9. The van der Waals surface area contributed by atoms with Crippen molar-refractivity contribution >= 4 is 23.8 Å². The molecule has 1 aromatic heterocycles. The molecule has 3 aromatic carbocycles. The average molecular weight is 569 g/mol. The Balaban J connectivity index is 1.39. The molecule has 212 valence electrons. The number of fused-ring (bicyclic) bond motifs is 3. The predicted octanol–water partition coefficient (Wildman–Crippen LogP) is 5.73. The normalized spacial score (nSPS) is 16.4. The Morgan fingerprint density at radius 3 is 2.29 bits per heavy atom. The highest BCUT2D eigenvalue weighted by Crippen LogP contribution is 2.50. The topological polar surface area (TPSA) is 131 Å². The van der Waals surface area contributed by atoms with Crippen molar-refractivity contribution in [2.24, 2.45) is 0 Å². The summed E-state index contributed by atoms with van der Waals surface area (Å²) in [7, 11) is 4.52. The number of carboxylic acid groups (broad SMARTS) is 1. The second-order valence-electron chi connectivity index (χ2n) is 9.56. The zero-order chi connectivity index (χ0) is 29.5. The molecular weight excluding hydrogens is 544 g/mol. The highest BCUT2D eigenvalue weighted by molar-refractivity contribution is 6.15. The Morgan fingerprint density at radius 2 is 1.60 bits per heavy atom. The van der Waals surface area contributed by atoms with Gasteiger partial charge in [0.15, 0.2) is 17.3 Å². The molecule has 0 spiro atoms. The molecule has 0 radical (unpaired) electrons. The molecule has 1 N–H and O–H groups in total. The number of carbonyl (C=O) groups is 3. The molecular formula is C32H24O10. The van der Waals surface area contributed by atoms with Crippen LogP contribution in [0.25, 0.3) is 17.4 Å². The number of methoxy groups -OCH3 is 3. The van der Waals surface area contributed by atoms with Crippen LogP contribution in [0.15, 0.2) is 70.8 Å². The van der Waals surface area contributed by atoms with Crippen LogP contribution in [0, 0.1) is 0 Å². The molecule has 2 aliphatic heterocycles. The largest absolute Gasteiger partial charge is 0.496 e. The second kappa shape index (κ2) is 10.5. The van der Waals surface area contributed by atoms with Crippen LogP contribution < -0.4 is 23.7 Å². The summed E-state index contributed by atoms with van der Waals surface area (Å²) in [6.07, 6.45) is 1.53. The molecule has 0 fully saturated rings. The number of allylic oxidation sites excluding steroid dienone is 1. The number of furan rings is 1. The van der Waals surface area contributed by atoms with Crippen molar-refractivity contribution in [3.63, 3.8) is 0 Å². The quantitative estimate of drug-likeness (QED) is 0.168. The number of benzene rings is 3. The van der Waals surface area contributed by atoms with Gasteiger partial charge in [-0.15, -0.1) is 0 Å². The molecule has 0 bridgehead atoms. The first-order chi connectivity index (χ1) is 20.3. The fourth-order valence-electron chi connectivity index (χ4n) is 5.13. The van der Waals surface area contributed by atoms with Crippen LogP contribution in [-0.2, 0) is 4.79 Å². The molecule has 0 amide bonds. The van der Waals surface area contributed by atoms with Gasteiger partial charge in [-0.1, -0.05) is 12.1 Å². The van der Waals surface area contributed by atoms with Crippen LogP contribution in [-0.4, -0.2) is 44.2 Å². The lowest BCUT2D eigenvalue weighted by Crippen LogP contribution is -2.21. The molecule has 10 nitrogen and oxygen atoms in total. The van der Waals surface area contributed by atoms with E-state index in [2.05, 4.69) is 0 Å². The number of aromatic carboxylic acids is 1. The Morgan fingerprint density at radius 1 is 0.881 bits per heavy atom. The summed E-state index contributed by atoms with van der Waals surface area (Å²) in [5.41, 5.74) is 2.20. The third-order valence-corrected chi connectivity index (χ3v) is 7.19. The van der Waals surface area contributed by atoms with Crippen molar-refractivity contribution in [3.05, 3.63) is 94.4 Å². The minimum absolute atomic E-state index is 0.0333. The van der Waals surface area contributed by atoms with Crippen molar-refractivity contribution < 1.29 is 47.6 Å². The fourth-order valence-corrected chi connectivity index (χ4v) is 5.13. The van der Waals surface area contributed by atoms with Crippen LogP contribution in [0.4, 0.5) is 0 Å². The summed E-state index contributed by atoms with van der Waals surface area (Å²) in [6.45, 7) is 0. The van der Waals surface area contributed by atoms with E-state index in [1.807, 2.05) is 0 Å². The number of Topliss-reactive ketones (excluding diaryl/α,β-unsaturated/α-hetero) is 1. The lowest BCUT2D eigenvalue weighted by Gasteiger charge is -2.24. The molecule has 0 aliphatic carbocycles. The van der Waals surface area contributed by atoms with Crippen LogP contribution >= 0.6 is 0 Å². The number of ketones is 1. The van der Waals surface area contributed by atoms with Crippen molar-refractivity contribution in [2.75, 3.05) is 21.3 Å². The second-order valence-corrected chi connectivity index (χ2v) is 9.56. The summed E-state index contributed by atoms with van der Waals surface area (Å²) in [6, 6.07) is 16.2. The zero-order valence-electron chi connectivity index (χ0n) is 22.8. The minimum atomic E-state index is -1.03. The van der Waals surface area contributed by atoms with E-state index in [4.69, 9.17) is 28.1 Å². The first-order valence-corrected chi connectivity index (χ1v) is 12.9. The molecule has 2 aliphatic rings. The number of hydrogen-bond acceptors (Lipinski definition) is 9. The van der Waals surface area contributed by atoms with Gasteiger partial charge in [-0.2, -0.15) is 0 Å². The fraction of sp³-hybridized carbons (Fsp3) is 0.156. The van der Waals surface area contributed by atoms with Crippen molar-refractivity contribution in [2.45, 2.75) is 12.3 Å². The summed E-state index contributed by atoms with van der Waals surface area (Å²) in [4.78, 5) is 37.3. The monoisotopic (exact) mass is 568 g/mol. The third kappa shape index (κ3) is 4.52. The van der Waals surface area contributed by atoms with Crippen LogP contribution in [0.2, 0.25) is 0 Å². The summed E-state index contributed by atoms with van der Waals surface area (Å²) in [5.74, 6) is 0.509. The molecule has 42 heavy (non-hydrogen) atoms. The van der Waals surface area contributed by atoms with E-state index in [1.165, 1.54) is 33.5 Å². The van der Waals surface area contributed by atoms with E-state index in [-0.39, 0.29) is 35.0 Å². The standard InChI is InChI=1S/C32H24O10/c1-37-24-15-26(39-3)25(38-2)12-18(24)13-27-30(34)19-8-9-23-29(31(19)42-27)20(14-28(33)41-23)22-11-10-21(40-22)16-4-6-17(7-5-16)32(35)36/h4-13,15,20H,14H2,1-3H3,(H,35,36)/b27-13-. The number of ether oxygens (including phenoxy) is 5. The van der Waals surface area contributed by atoms with E-state index < -0.39 is 17.9 Å². The van der Waals surface area contributed by atoms with E-state index in [0.29, 0.717) is 51.0 Å². The van der Waals surface area contributed by atoms with Gasteiger partial charge >= 0.3 is 11.9 Å². The van der Waals surface area contributed by atoms with Crippen molar-refractivity contribution in [3.8, 4) is 40.1 Å².